The van der Waals surface area contributed by atoms with Gasteiger partial charge in [0.25, 0.3) is 0 Å². The molecule has 0 aliphatic rings. The molecule has 2 rings (SSSR count). The molecule has 0 bridgehead atoms. The van der Waals surface area contributed by atoms with Gasteiger partial charge in [0.1, 0.15) is 11.6 Å². The van der Waals surface area contributed by atoms with Crippen LogP contribution in [0.5, 0.6) is 0 Å². The summed E-state index contributed by atoms with van der Waals surface area (Å²) in [6, 6.07) is 8.46. The maximum absolute atomic E-state index is 13.4. The van der Waals surface area contributed by atoms with Crippen molar-refractivity contribution in [2.24, 2.45) is 0 Å². The Morgan fingerprint density at radius 2 is 1.76 bits per heavy atom. The molecule has 2 amide bonds. The largest absolute Gasteiger partial charge is 0.323 e. The Morgan fingerprint density at radius 3 is 2.43 bits per heavy atom. The number of amides is 2. The third-order valence-corrected chi connectivity index (χ3v) is 2.71. The van der Waals surface area contributed by atoms with Gasteiger partial charge >= 0.3 is 6.03 Å². The number of urea groups is 1. The number of Topliss-reactive ketones (excluding diaryl/α,β-unsaturated/α-hetero) is 1. The monoisotopic (exact) mass is 290 g/mol. The van der Waals surface area contributed by atoms with E-state index in [2.05, 4.69) is 10.6 Å². The second-order valence-electron chi connectivity index (χ2n) is 4.34. The lowest BCUT2D eigenvalue weighted by Gasteiger charge is -2.09. The Balaban J connectivity index is 2.08. The molecule has 0 aliphatic heterocycles. The van der Waals surface area contributed by atoms with Gasteiger partial charge < -0.3 is 10.6 Å². The van der Waals surface area contributed by atoms with Crippen molar-refractivity contribution in [3.63, 3.8) is 0 Å². The predicted molar refractivity (Wildman–Crippen MR) is 75.4 cm³/mol. The van der Waals surface area contributed by atoms with Gasteiger partial charge in [0, 0.05) is 17.3 Å². The number of halogens is 2. The van der Waals surface area contributed by atoms with Crippen LogP contribution in [0.2, 0.25) is 0 Å². The van der Waals surface area contributed by atoms with Crippen molar-refractivity contribution in [1.82, 2.24) is 0 Å². The first-order chi connectivity index (χ1) is 9.95. The van der Waals surface area contributed by atoms with E-state index >= 15 is 0 Å². The van der Waals surface area contributed by atoms with Crippen molar-refractivity contribution < 1.29 is 18.4 Å². The van der Waals surface area contributed by atoms with Crippen molar-refractivity contribution in [2.75, 3.05) is 10.6 Å². The van der Waals surface area contributed by atoms with E-state index in [-0.39, 0.29) is 11.5 Å². The van der Waals surface area contributed by atoms with Crippen molar-refractivity contribution in [1.29, 1.82) is 0 Å². The Hall–Kier alpha value is -2.76. The molecule has 0 aromatic heterocycles. The summed E-state index contributed by atoms with van der Waals surface area (Å²) < 4.78 is 26.1. The standard InChI is InChI=1S/C15H12F2N2O2/c1-9(20)10-3-2-4-12(7-10)18-15(21)19-14-6-5-11(16)8-13(14)17/h2-8H,1H3,(H2,18,19,21). The van der Waals surface area contributed by atoms with Gasteiger partial charge in [0.2, 0.25) is 0 Å². The lowest BCUT2D eigenvalue weighted by molar-refractivity contribution is 0.101. The Labute approximate surface area is 119 Å². The zero-order valence-corrected chi connectivity index (χ0v) is 11.1. The van der Waals surface area contributed by atoms with Gasteiger partial charge in [-0.1, -0.05) is 12.1 Å². The van der Waals surface area contributed by atoms with Crippen molar-refractivity contribution in [3.05, 3.63) is 59.7 Å². The first-order valence-electron chi connectivity index (χ1n) is 6.10. The predicted octanol–water partition coefficient (Wildman–Crippen LogP) is 3.81. The summed E-state index contributed by atoms with van der Waals surface area (Å²) >= 11 is 0. The zero-order valence-electron chi connectivity index (χ0n) is 11.1. The van der Waals surface area contributed by atoms with Crippen LogP contribution in [-0.4, -0.2) is 11.8 Å². The zero-order chi connectivity index (χ0) is 15.4. The maximum Gasteiger partial charge on any atom is 0.323 e. The molecule has 0 saturated heterocycles. The highest BCUT2D eigenvalue weighted by atomic mass is 19.1. The average Bonchev–Trinajstić information content (AvgIpc) is 2.42. The van der Waals surface area contributed by atoms with Crippen molar-refractivity contribution in [2.45, 2.75) is 6.92 Å². The smallest absolute Gasteiger partial charge is 0.308 e. The van der Waals surface area contributed by atoms with Crippen LogP contribution in [0.25, 0.3) is 0 Å². The maximum atomic E-state index is 13.4. The average molecular weight is 290 g/mol. The van der Waals surface area contributed by atoms with Gasteiger partial charge in [-0.2, -0.15) is 0 Å². The van der Waals surface area contributed by atoms with E-state index in [4.69, 9.17) is 0 Å². The summed E-state index contributed by atoms with van der Waals surface area (Å²) in [4.78, 5) is 23.0. The van der Waals surface area contributed by atoms with Crippen molar-refractivity contribution in [3.8, 4) is 0 Å². The number of ketones is 1. The summed E-state index contributed by atoms with van der Waals surface area (Å²) in [7, 11) is 0. The molecule has 0 aliphatic carbocycles. The first-order valence-corrected chi connectivity index (χ1v) is 6.10. The third-order valence-electron chi connectivity index (χ3n) is 2.71. The van der Waals surface area contributed by atoms with Gasteiger partial charge in [0.15, 0.2) is 5.78 Å². The van der Waals surface area contributed by atoms with E-state index in [1.807, 2.05) is 0 Å². The molecule has 0 fully saturated rings. The molecule has 108 valence electrons. The number of rotatable bonds is 3. The second-order valence-corrected chi connectivity index (χ2v) is 4.34. The number of nitrogens with one attached hydrogen (secondary N) is 2. The Bertz CT molecular complexity index is 702. The molecule has 0 radical (unpaired) electrons. The Kier molecular flexibility index (Phi) is 4.27. The summed E-state index contributed by atoms with van der Waals surface area (Å²) in [5.41, 5.74) is 0.695. The number of hydrogen-bond donors (Lipinski definition) is 2. The van der Waals surface area contributed by atoms with Gasteiger partial charge in [-0.05, 0) is 31.2 Å². The van der Waals surface area contributed by atoms with E-state index in [1.165, 1.54) is 13.0 Å². The molecular weight excluding hydrogens is 278 g/mol. The van der Waals surface area contributed by atoms with Crippen LogP contribution in [0.3, 0.4) is 0 Å². The molecule has 0 heterocycles. The van der Waals surface area contributed by atoms with E-state index < -0.39 is 17.7 Å². The fourth-order valence-corrected chi connectivity index (χ4v) is 1.69. The fraction of sp³-hybridized carbons (Fsp3) is 0.0667. The summed E-state index contributed by atoms with van der Waals surface area (Å²) in [5, 5.41) is 4.72. The van der Waals surface area contributed by atoms with Gasteiger partial charge in [-0.3, -0.25) is 4.79 Å². The highest BCUT2D eigenvalue weighted by Gasteiger charge is 2.09. The fourth-order valence-electron chi connectivity index (χ4n) is 1.69. The highest BCUT2D eigenvalue weighted by molar-refractivity contribution is 6.01. The summed E-state index contributed by atoms with van der Waals surface area (Å²) in [6.07, 6.45) is 0. The normalized spacial score (nSPS) is 10.0. The van der Waals surface area contributed by atoms with E-state index in [0.29, 0.717) is 17.3 Å². The van der Waals surface area contributed by atoms with E-state index in [0.717, 1.165) is 12.1 Å². The minimum atomic E-state index is -0.873. The summed E-state index contributed by atoms with van der Waals surface area (Å²) in [6.45, 7) is 1.41. The van der Waals surface area contributed by atoms with Crippen LogP contribution in [0.1, 0.15) is 17.3 Å². The van der Waals surface area contributed by atoms with Gasteiger partial charge in [-0.25, -0.2) is 13.6 Å². The molecule has 21 heavy (non-hydrogen) atoms. The summed E-state index contributed by atoms with van der Waals surface area (Å²) in [5.74, 6) is -1.74. The number of hydrogen-bond acceptors (Lipinski definition) is 2. The molecule has 2 N–H and O–H groups in total. The second kappa shape index (κ2) is 6.13. The SMILES string of the molecule is CC(=O)c1cccc(NC(=O)Nc2ccc(F)cc2F)c1. The Morgan fingerprint density at radius 1 is 1.00 bits per heavy atom. The van der Waals surface area contributed by atoms with Crippen LogP contribution < -0.4 is 10.6 Å². The van der Waals surface area contributed by atoms with E-state index in [9.17, 15) is 18.4 Å². The minimum absolute atomic E-state index is 0.136. The molecule has 2 aromatic rings. The quantitative estimate of drug-likeness (QED) is 0.844. The molecule has 0 saturated carbocycles. The van der Waals surface area contributed by atoms with Crippen LogP contribution >= 0.6 is 0 Å². The minimum Gasteiger partial charge on any atom is -0.308 e. The van der Waals surface area contributed by atoms with Crippen LogP contribution in [0.15, 0.2) is 42.5 Å². The molecule has 2 aromatic carbocycles. The molecular formula is C15H12F2N2O2. The van der Waals surface area contributed by atoms with Gasteiger partial charge in [-0.15, -0.1) is 0 Å². The van der Waals surface area contributed by atoms with Crippen molar-refractivity contribution >= 4 is 23.2 Å². The number of carbonyl (C=O) groups excluding carboxylic acids is 2. The number of benzene rings is 2. The lowest BCUT2D eigenvalue weighted by Crippen LogP contribution is -2.20. The first kappa shape index (κ1) is 14.6. The van der Waals surface area contributed by atoms with Gasteiger partial charge in [0.05, 0.1) is 5.69 Å². The number of anilines is 2. The lowest BCUT2D eigenvalue weighted by atomic mass is 10.1. The van der Waals surface area contributed by atoms with Crippen LogP contribution in [-0.2, 0) is 0 Å². The molecule has 0 atom stereocenters. The highest BCUT2D eigenvalue weighted by Crippen LogP contribution is 2.16. The molecule has 4 nitrogen and oxygen atoms in total. The molecule has 6 heteroatoms. The van der Waals surface area contributed by atoms with Crippen LogP contribution in [0, 0.1) is 11.6 Å². The van der Waals surface area contributed by atoms with E-state index in [1.54, 1.807) is 18.2 Å². The van der Waals surface area contributed by atoms with Crippen LogP contribution in [0.4, 0.5) is 25.0 Å². The molecule has 0 unspecified atom stereocenters. The molecule has 0 spiro atoms. The number of carbonyl (C=O) groups is 2. The third kappa shape index (κ3) is 3.85. The topological polar surface area (TPSA) is 58.2 Å².